The summed E-state index contributed by atoms with van der Waals surface area (Å²) in [6, 6.07) is 23.6. The highest BCUT2D eigenvalue weighted by molar-refractivity contribution is 5.75. The van der Waals surface area contributed by atoms with Crippen LogP contribution in [0.5, 0.6) is 0 Å². The molecule has 27 heavy (non-hydrogen) atoms. The van der Waals surface area contributed by atoms with Gasteiger partial charge in [-0.05, 0) is 64.6 Å². The molecular weight excluding hydrogens is 326 g/mol. The van der Waals surface area contributed by atoms with Crippen molar-refractivity contribution in [2.45, 2.75) is 13.3 Å². The first-order valence-electron chi connectivity index (χ1n) is 9.20. The SMILES string of the molecule is C=Cc1c(/C=C\C)ccc(Cc2ccc(-c3ccccc3)cc2)c1/C=C\N. The van der Waals surface area contributed by atoms with Gasteiger partial charge in [0.05, 0.1) is 0 Å². The van der Waals surface area contributed by atoms with Crippen LogP contribution in [0.25, 0.3) is 29.4 Å². The van der Waals surface area contributed by atoms with Gasteiger partial charge in [0.1, 0.15) is 0 Å². The lowest BCUT2D eigenvalue weighted by molar-refractivity contribution is 1.18. The lowest BCUT2D eigenvalue weighted by Gasteiger charge is -2.13. The molecule has 0 aliphatic rings. The highest BCUT2D eigenvalue weighted by Gasteiger charge is 2.09. The van der Waals surface area contributed by atoms with Gasteiger partial charge in [-0.3, -0.25) is 0 Å². The van der Waals surface area contributed by atoms with Gasteiger partial charge in [-0.2, -0.15) is 0 Å². The van der Waals surface area contributed by atoms with Gasteiger partial charge in [-0.1, -0.05) is 91.5 Å². The maximum absolute atomic E-state index is 5.72. The molecule has 3 aromatic carbocycles. The minimum Gasteiger partial charge on any atom is -0.405 e. The third kappa shape index (κ3) is 4.27. The van der Waals surface area contributed by atoms with Crippen molar-refractivity contribution in [2.75, 3.05) is 0 Å². The Morgan fingerprint density at radius 3 is 2.15 bits per heavy atom. The van der Waals surface area contributed by atoms with E-state index in [1.807, 2.05) is 31.2 Å². The summed E-state index contributed by atoms with van der Waals surface area (Å²) in [5, 5.41) is 0. The summed E-state index contributed by atoms with van der Waals surface area (Å²) >= 11 is 0. The average Bonchev–Trinajstić information content (AvgIpc) is 2.71. The fourth-order valence-electron chi connectivity index (χ4n) is 3.36. The van der Waals surface area contributed by atoms with Crippen molar-refractivity contribution in [3.05, 3.63) is 113 Å². The van der Waals surface area contributed by atoms with E-state index in [1.165, 1.54) is 22.3 Å². The van der Waals surface area contributed by atoms with Crippen molar-refractivity contribution in [3.8, 4) is 11.1 Å². The first-order chi connectivity index (χ1) is 13.3. The van der Waals surface area contributed by atoms with Crippen LogP contribution >= 0.6 is 0 Å². The van der Waals surface area contributed by atoms with E-state index in [0.717, 1.165) is 23.1 Å². The summed E-state index contributed by atoms with van der Waals surface area (Å²) in [4.78, 5) is 0. The van der Waals surface area contributed by atoms with E-state index >= 15 is 0 Å². The van der Waals surface area contributed by atoms with E-state index in [9.17, 15) is 0 Å². The zero-order valence-electron chi connectivity index (χ0n) is 15.7. The van der Waals surface area contributed by atoms with E-state index in [4.69, 9.17) is 5.73 Å². The van der Waals surface area contributed by atoms with Crippen molar-refractivity contribution in [2.24, 2.45) is 5.73 Å². The number of hydrogen-bond acceptors (Lipinski definition) is 1. The van der Waals surface area contributed by atoms with Crippen molar-refractivity contribution < 1.29 is 0 Å². The zero-order chi connectivity index (χ0) is 19.1. The molecule has 134 valence electrons. The van der Waals surface area contributed by atoms with E-state index in [-0.39, 0.29) is 0 Å². The number of allylic oxidation sites excluding steroid dienone is 1. The summed E-state index contributed by atoms with van der Waals surface area (Å²) in [5.41, 5.74) is 14.1. The molecule has 0 unspecified atom stereocenters. The molecule has 0 fully saturated rings. The molecule has 0 radical (unpaired) electrons. The van der Waals surface area contributed by atoms with Crippen LogP contribution in [-0.2, 0) is 6.42 Å². The maximum Gasteiger partial charge on any atom is -0.00196 e. The summed E-state index contributed by atoms with van der Waals surface area (Å²) < 4.78 is 0. The van der Waals surface area contributed by atoms with Crippen LogP contribution < -0.4 is 5.73 Å². The van der Waals surface area contributed by atoms with E-state index in [1.54, 1.807) is 6.20 Å². The Hall–Kier alpha value is -3.32. The van der Waals surface area contributed by atoms with E-state index in [0.29, 0.717) is 0 Å². The van der Waals surface area contributed by atoms with Crippen LogP contribution in [0, 0.1) is 0 Å². The van der Waals surface area contributed by atoms with Crippen LogP contribution in [0.3, 0.4) is 0 Å². The van der Waals surface area contributed by atoms with Gasteiger partial charge >= 0.3 is 0 Å². The van der Waals surface area contributed by atoms with Crippen molar-refractivity contribution >= 4 is 18.2 Å². The molecule has 2 N–H and O–H groups in total. The highest BCUT2D eigenvalue weighted by atomic mass is 14.5. The number of rotatable bonds is 6. The molecule has 3 rings (SSSR count). The summed E-state index contributed by atoms with van der Waals surface area (Å²) in [6.07, 6.45) is 10.5. The monoisotopic (exact) mass is 351 g/mol. The summed E-state index contributed by atoms with van der Waals surface area (Å²) in [6.45, 7) is 6.02. The number of hydrogen-bond donors (Lipinski definition) is 1. The molecular formula is C26H25N. The Morgan fingerprint density at radius 1 is 0.815 bits per heavy atom. The quantitative estimate of drug-likeness (QED) is 0.535. The Balaban J connectivity index is 1.94. The molecule has 0 spiro atoms. The Labute approximate surface area is 162 Å². The van der Waals surface area contributed by atoms with Crippen LogP contribution in [0.2, 0.25) is 0 Å². The minimum atomic E-state index is 0.853. The van der Waals surface area contributed by atoms with Crippen molar-refractivity contribution in [1.29, 1.82) is 0 Å². The fraction of sp³-hybridized carbons (Fsp3) is 0.0769. The number of benzene rings is 3. The van der Waals surface area contributed by atoms with Crippen molar-refractivity contribution in [1.82, 2.24) is 0 Å². The van der Waals surface area contributed by atoms with Crippen LogP contribution in [0.15, 0.2) is 85.6 Å². The molecule has 0 amide bonds. The Kier molecular flexibility index (Phi) is 6.06. The van der Waals surface area contributed by atoms with Gasteiger partial charge in [0, 0.05) is 0 Å². The van der Waals surface area contributed by atoms with E-state index in [2.05, 4.69) is 73.3 Å². The lowest BCUT2D eigenvalue weighted by atomic mass is 9.91. The highest BCUT2D eigenvalue weighted by Crippen LogP contribution is 2.26. The van der Waals surface area contributed by atoms with Crippen LogP contribution in [0.4, 0.5) is 0 Å². The lowest BCUT2D eigenvalue weighted by Crippen LogP contribution is -1.97. The standard InChI is InChI=1S/C26H25N/c1-3-8-23-15-16-24(26(17-18-27)25(23)4-2)19-20-11-13-22(14-12-20)21-9-6-5-7-10-21/h3-18H,2,19,27H2,1H3/b8-3-,18-17-. The average molecular weight is 351 g/mol. The van der Waals surface area contributed by atoms with Crippen molar-refractivity contribution in [3.63, 3.8) is 0 Å². The molecule has 0 saturated heterocycles. The smallest absolute Gasteiger partial charge is 0.00196 e. The third-order valence-electron chi connectivity index (χ3n) is 4.68. The van der Waals surface area contributed by atoms with Gasteiger partial charge in [0.2, 0.25) is 0 Å². The summed E-state index contributed by atoms with van der Waals surface area (Å²) in [5.74, 6) is 0. The molecule has 0 heterocycles. The summed E-state index contributed by atoms with van der Waals surface area (Å²) in [7, 11) is 0. The topological polar surface area (TPSA) is 26.0 Å². The zero-order valence-corrected chi connectivity index (χ0v) is 15.7. The second-order valence-electron chi connectivity index (χ2n) is 6.44. The molecule has 1 heteroatoms. The third-order valence-corrected chi connectivity index (χ3v) is 4.68. The molecule has 0 bridgehead atoms. The Morgan fingerprint density at radius 2 is 1.52 bits per heavy atom. The van der Waals surface area contributed by atoms with Crippen LogP contribution in [0.1, 0.15) is 34.7 Å². The predicted molar refractivity (Wildman–Crippen MR) is 119 cm³/mol. The first-order valence-corrected chi connectivity index (χ1v) is 9.20. The van der Waals surface area contributed by atoms with E-state index < -0.39 is 0 Å². The second-order valence-corrected chi connectivity index (χ2v) is 6.44. The van der Waals surface area contributed by atoms with Gasteiger partial charge in [-0.15, -0.1) is 0 Å². The first kappa shape index (κ1) is 18.5. The van der Waals surface area contributed by atoms with Gasteiger partial charge in [0.25, 0.3) is 0 Å². The maximum atomic E-state index is 5.72. The fourth-order valence-corrected chi connectivity index (χ4v) is 3.36. The van der Waals surface area contributed by atoms with Gasteiger partial charge in [-0.25, -0.2) is 0 Å². The molecule has 3 aromatic rings. The molecule has 0 aliphatic carbocycles. The van der Waals surface area contributed by atoms with Gasteiger partial charge in [0.15, 0.2) is 0 Å². The van der Waals surface area contributed by atoms with Gasteiger partial charge < -0.3 is 5.73 Å². The molecule has 0 aliphatic heterocycles. The molecule has 1 nitrogen and oxygen atoms in total. The Bertz CT molecular complexity index is 961. The molecule has 0 saturated carbocycles. The number of nitrogens with two attached hydrogens (primary N) is 1. The minimum absolute atomic E-state index is 0.853. The largest absolute Gasteiger partial charge is 0.405 e. The molecule has 0 aromatic heterocycles. The second kappa shape index (κ2) is 8.86. The van der Waals surface area contributed by atoms with Crippen LogP contribution in [-0.4, -0.2) is 0 Å². The predicted octanol–water partition coefficient (Wildman–Crippen LogP) is 6.55. The normalized spacial score (nSPS) is 11.3. The molecule has 0 atom stereocenters.